The molecule has 0 heterocycles. The van der Waals surface area contributed by atoms with Gasteiger partial charge in [0.25, 0.3) is 0 Å². The molecule has 0 radical (unpaired) electrons. The van der Waals surface area contributed by atoms with Gasteiger partial charge in [0.1, 0.15) is 6.42 Å². The van der Waals surface area contributed by atoms with Crippen LogP contribution in [0.4, 0.5) is 5.69 Å². The van der Waals surface area contributed by atoms with Crippen molar-refractivity contribution in [1.29, 1.82) is 0 Å². The summed E-state index contributed by atoms with van der Waals surface area (Å²) in [7, 11) is 0. The number of hydrazone groups is 1. The molecule has 0 bridgehead atoms. The molecule has 0 spiro atoms. The van der Waals surface area contributed by atoms with Crippen molar-refractivity contribution in [2.45, 2.75) is 13.3 Å². The van der Waals surface area contributed by atoms with Crippen LogP contribution in [-0.4, -0.2) is 29.7 Å². The lowest BCUT2D eigenvalue weighted by Gasteiger charge is -2.06. The van der Waals surface area contributed by atoms with Gasteiger partial charge in [-0.05, 0) is 42.8 Å². The lowest BCUT2D eigenvalue weighted by Crippen LogP contribution is -2.24. The van der Waals surface area contributed by atoms with Crippen LogP contribution in [0.1, 0.15) is 18.9 Å². The number of rotatable bonds is 7. The summed E-state index contributed by atoms with van der Waals surface area (Å²) in [5, 5.41) is 16.0. The zero-order chi connectivity index (χ0) is 18.1. The molecule has 0 aliphatic rings. The number of aromatic hydroxyl groups is 1. The summed E-state index contributed by atoms with van der Waals surface area (Å²) in [6.45, 7) is 2.22. The van der Waals surface area contributed by atoms with Crippen LogP contribution in [0.25, 0.3) is 0 Å². The van der Waals surface area contributed by atoms with E-state index in [1.807, 2.05) is 6.07 Å². The third-order valence-corrected chi connectivity index (χ3v) is 3.07. The van der Waals surface area contributed by atoms with Crippen LogP contribution in [0.15, 0.2) is 53.6 Å². The number of amides is 2. The third-order valence-electron chi connectivity index (χ3n) is 3.07. The molecule has 2 aromatic carbocycles. The van der Waals surface area contributed by atoms with Crippen molar-refractivity contribution in [3.63, 3.8) is 0 Å². The number of benzene rings is 2. The molecule has 2 rings (SSSR count). The molecule has 25 heavy (non-hydrogen) atoms. The number of nitrogens with zero attached hydrogens (tertiary/aromatic N) is 1. The largest absolute Gasteiger partial charge is 0.504 e. The van der Waals surface area contributed by atoms with Gasteiger partial charge in [0, 0.05) is 5.69 Å². The van der Waals surface area contributed by atoms with Gasteiger partial charge < -0.3 is 15.2 Å². The summed E-state index contributed by atoms with van der Waals surface area (Å²) in [5.74, 6) is -0.601. The van der Waals surface area contributed by atoms with Gasteiger partial charge >= 0.3 is 0 Å². The smallest absolute Gasteiger partial charge is 0.249 e. The van der Waals surface area contributed by atoms with Crippen molar-refractivity contribution in [2.24, 2.45) is 5.10 Å². The lowest BCUT2D eigenvalue weighted by atomic mass is 10.2. The molecule has 2 amide bonds. The Morgan fingerprint density at radius 2 is 1.92 bits per heavy atom. The molecule has 2 aromatic rings. The van der Waals surface area contributed by atoms with E-state index in [1.54, 1.807) is 43.3 Å². The minimum absolute atomic E-state index is 0.0284. The van der Waals surface area contributed by atoms with Gasteiger partial charge in [-0.2, -0.15) is 5.10 Å². The number of hydrogen-bond acceptors (Lipinski definition) is 5. The molecular weight excluding hydrogens is 322 g/mol. The Balaban J connectivity index is 1.84. The van der Waals surface area contributed by atoms with Gasteiger partial charge in [0.2, 0.25) is 11.8 Å². The van der Waals surface area contributed by atoms with E-state index < -0.39 is 11.8 Å². The maximum absolute atomic E-state index is 11.7. The number of phenolic OH excluding ortho intramolecular Hbond substituents is 1. The number of carbonyl (C=O) groups excluding carboxylic acids is 2. The second-order valence-corrected chi connectivity index (χ2v) is 5.04. The van der Waals surface area contributed by atoms with Gasteiger partial charge in [0.05, 0.1) is 12.8 Å². The Labute approximate surface area is 145 Å². The van der Waals surface area contributed by atoms with Gasteiger partial charge in [-0.15, -0.1) is 0 Å². The first-order chi connectivity index (χ1) is 12.1. The fourth-order valence-electron chi connectivity index (χ4n) is 1.97. The zero-order valence-corrected chi connectivity index (χ0v) is 13.7. The lowest BCUT2D eigenvalue weighted by molar-refractivity contribution is -0.126. The van der Waals surface area contributed by atoms with Crippen molar-refractivity contribution in [2.75, 3.05) is 11.9 Å². The van der Waals surface area contributed by atoms with Crippen LogP contribution in [0, 0.1) is 0 Å². The molecule has 0 unspecified atom stereocenters. The normalized spacial score (nSPS) is 10.4. The number of carbonyl (C=O) groups is 2. The summed E-state index contributed by atoms with van der Waals surface area (Å²) < 4.78 is 5.26. The molecule has 0 saturated heterocycles. The number of nitrogens with one attached hydrogen (secondary N) is 2. The number of para-hydroxylation sites is 1. The van der Waals surface area contributed by atoms with Crippen LogP contribution >= 0.6 is 0 Å². The first kappa shape index (κ1) is 18.0. The van der Waals surface area contributed by atoms with Crippen molar-refractivity contribution in [1.82, 2.24) is 5.43 Å². The van der Waals surface area contributed by atoms with E-state index in [0.717, 1.165) is 0 Å². The minimum Gasteiger partial charge on any atom is -0.504 e. The predicted molar refractivity (Wildman–Crippen MR) is 94.7 cm³/mol. The highest BCUT2D eigenvalue weighted by atomic mass is 16.5. The van der Waals surface area contributed by atoms with Crippen molar-refractivity contribution >= 4 is 23.7 Å². The van der Waals surface area contributed by atoms with Crippen LogP contribution in [0.3, 0.4) is 0 Å². The predicted octanol–water partition coefficient (Wildman–Crippen LogP) is 2.27. The van der Waals surface area contributed by atoms with Crippen LogP contribution in [-0.2, 0) is 9.59 Å². The highest BCUT2D eigenvalue weighted by Gasteiger charge is 2.08. The van der Waals surface area contributed by atoms with E-state index >= 15 is 0 Å². The standard InChI is InChI=1S/C18H19N3O4/c1-2-25-16-10-13(8-9-15(16)22)12-19-21-18(24)11-17(23)20-14-6-4-3-5-7-14/h3-10,12,22H,2,11H2,1H3,(H,20,23)(H,21,24)/b19-12+. The number of phenols is 1. The minimum atomic E-state index is -0.534. The molecule has 0 fully saturated rings. The second-order valence-electron chi connectivity index (χ2n) is 5.04. The van der Waals surface area contributed by atoms with E-state index in [2.05, 4.69) is 15.8 Å². The van der Waals surface area contributed by atoms with Crippen LogP contribution < -0.4 is 15.5 Å². The Morgan fingerprint density at radius 3 is 2.64 bits per heavy atom. The molecular formula is C18H19N3O4. The van der Waals surface area contributed by atoms with E-state index in [0.29, 0.717) is 23.6 Å². The number of anilines is 1. The van der Waals surface area contributed by atoms with Gasteiger partial charge in [-0.1, -0.05) is 18.2 Å². The summed E-state index contributed by atoms with van der Waals surface area (Å²) >= 11 is 0. The summed E-state index contributed by atoms with van der Waals surface area (Å²) in [6, 6.07) is 13.6. The Morgan fingerprint density at radius 1 is 1.16 bits per heavy atom. The van der Waals surface area contributed by atoms with Crippen LogP contribution in [0.5, 0.6) is 11.5 Å². The molecule has 0 saturated carbocycles. The van der Waals surface area contributed by atoms with Gasteiger partial charge in [-0.25, -0.2) is 5.43 Å². The quantitative estimate of drug-likeness (QED) is 0.408. The maximum Gasteiger partial charge on any atom is 0.249 e. The SMILES string of the molecule is CCOc1cc(/C=N/NC(=O)CC(=O)Nc2ccccc2)ccc1O. The van der Waals surface area contributed by atoms with E-state index in [4.69, 9.17) is 4.74 Å². The Kier molecular flexibility index (Phi) is 6.53. The van der Waals surface area contributed by atoms with Gasteiger partial charge in [0.15, 0.2) is 11.5 Å². The van der Waals surface area contributed by atoms with Gasteiger partial charge in [-0.3, -0.25) is 9.59 Å². The van der Waals surface area contributed by atoms with Crippen molar-refractivity contribution in [3.8, 4) is 11.5 Å². The summed E-state index contributed by atoms with van der Waals surface area (Å²) in [4.78, 5) is 23.4. The first-order valence-electron chi connectivity index (χ1n) is 7.71. The van der Waals surface area contributed by atoms with Crippen molar-refractivity contribution in [3.05, 3.63) is 54.1 Å². The molecule has 0 aliphatic carbocycles. The highest BCUT2D eigenvalue weighted by molar-refractivity contribution is 6.03. The average molecular weight is 341 g/mol. The zero-order valence-electron chi connectivity index (χ0n) is 13.7. The number of hydrogen-bond donors (Lipinski definition) is 3. The van der Waals surface area contributed by atoms with E-state index in [1.165, 1.54) is 12.3 Å². The maximum atomic E-state index is 11.7. The Bertz CT molecular complexity index is 760. The third kappa shape index (κ3) is 5.98. The van der Waals surface area contributed by atoms with Crippen LogP contribution in [0.2, 0.25) is 0 Å². The molecule has 130 valence electrons. The second kappa shape index (κ2) is 9.07. The topological polar surface area (TPSA) is 100 Å². The fourth-order valence-corrected chi connectivity index (χ4v) is 1.97. The Hall–Kier alpha value is -3.35. The molecule has 7 nitrogen and oxygen atoms in total. The van der Waals surface area contributed by atoms with E-state index in [9.17, 15) is 14.7 Å². The monoisotopic (exact) mass is 341 g/mol. The molecule has 3 N–H and O–H groups in total. The molecule has 0 aromatic heterocycles. The highest BCUT2D eigenvalue weighted by Crippen LogP contribution is 2.26. The fraction of sp³-hybridized carbons (Fsp3) is 0.167. The number of ether oxygens (including phenoxy) is 1. The molecule has 0 aliphatic heterocycles. The van der Waals surface area contributed by atoms with Crippen molar-refractivity contribution < 1.29 is 19.4 Å². The molecule has 7 heteroatoms. The summed E-state index contributed by atoms with van der Waals surface area (Å²) in [5.41, 5.74) is 3.54. The molecule has 0 atom stereocenters. The average Bonchev–Trinajstić information content (AvgIpc) is 2.58. The first-order valence-corrected chi connectivity index (χ1v) is 7.71. The summed E-state index contributed by atoms with van der Waals surface area (Å²) in [6.07, 6.45) is 1.06. The van der Waals surface area contributed by atoms with E-state index in [-0.39, 0.29) is 12.2 Å².